The first-order valence-electron chi connectivity index (χ1n) is 8.49. The van der Waals surface area contributed by atoms with Gasteiger partial charge >= 0.3 is 5.97 Å². The molecule has 2 aromatic carbocycles. The second-order valence-electron chi connectivity index (χ2n) is 6.05. The van der Waals surface area contributed by atoms with E-state index >= 15 is 0 Å². The predicted octanol–water partition coefficient (Wildman–Crippen LogP) is 3.25. The minimum absolute atomic E-state index is 0.112. The van der Waals surface area contributed by atoms with E-state index in [4.69, 9.17) is 4.74 Å². The number of carbonyl (C=O) groups is 2. The van der Waals surface area contributed by atoms with Crippen molar-refractivity contribution >= 4 is 23.3 Å². The van der Waals surface area contributed by atoms with Gasteiger partial charge in [0, 0.05) is 25.2 Å². The Hall–Kier alpha value is -2.82. The Morgan fingerprint density at radius 2 is 1.88 bits per heavy atom. The van der Waals surface area contributed by atoms with Crippen LogP contribution in [0.5, 0.6) is 0 Å². The average Bonchev–Trinajstić information content (AvgIpc) is 2.66. The molecule has 25 heavy (non-hydrogen) atoms. The zero-order valence-corrected chi connectivity index (χ0v) is 14.3. The van der Waals surface area contributed by atoms with Gasteiger partial charge in [0.05, 0.1) is 18.4 Å². The minimum Gasteiger partial charge on any atom is -0.465 e. The zero-order chi connectivity index (χ0) is 17.6. The molecular formula is C20H22N2O3. The van der Waals surface area contributed by atoms with E-state index in [9.17, 15) is 9.59 Å². The fourth-order valence-corrected chi connectivity index (χ4v) is 3.17. The normalized spacial score (nSPS) is 13.1. The second-order valence-corrected chi connectivity index (χ2v) is 6.05. The highest BCUT2D eigenvalue weighted by atomic mass is 16.5. The van der Waals surface area contributed by atoms with Crippen molar-refractivity contribution in [2.45, 2.75) is 19.3 Å². The molecule has 0 bridgehead atoms. The second kappa shape index (κ2) is 7.83. The van der Waals surface area contributed by atoms with E-state index in [0.717, 1.165) is 19.4 Å². The van der Waals surface area contributed by atoms with Gasteiger partial charge in [0.2, 0.25) is 5.91 Å². The fourth-order valence-electron chi connectivity index (χ4n) is 3.17. The number of hydrogen-bond acceptors (Lipinski definition) is 4. The Balaban J connectivity index is 1.62. The summed E-state index contributed by atoms with van der Waals surface area (Å²) in [4.78, 5) is 26.4. The van der Waals surface area contributed by atoms with Gasteiger partial charge in [-0.15, -0.1) is 0 Å². The number of hydrogen-bond donors (Lipinski definition) is 1. The maximum atomic E-state index is 12.3. The van der Waals surface area contributed by atoms with Crippen LogP contribution in [0.15, 0.2) is 48.5 Å². The first-order valence-corrected chi connectivity index (χ1v) is 8.49. The quantitative estimate of drug-likeness (QED) is 0.850. The maximum absolute atomic E-state index is 12.3. The largest absolute Gasteiger partial charge is 0.465 e. The molecule has 0 saturated carbocycles. The van der Waals surface area contributed by atoms with Crippen LogP contribution in [0.1, 0.15) is 28.8 Å². The molecule has 0 aliphatic carbocycles. The van der Waals surface area contributed by atoms with E-state index in [-0.39, 0.29) is 5.91 Å². The highest BCUT2D eigenvalue weighted by Gasteiger charge is 2.18. The molecule has 0 aromatic heterocycles. The molecule has 0 spiro atoms. The van der Waals surface area contributed by atoms with E-state index in [2.05, 4.69) is 28.4 Å². The van der Waals surface area contributed by atoms with Crippen molar-refractivity contribution in [3.8, 4) is 0 Å². The molecule has 1 N–H and O–H groups in total. The van der Waals surface area contributed by atoms with E-state index in [0.29, 0.717) is 24.2 Å². The summed E-state index contributed by atoms with van der Waals surface area (Å²) in [6, 6.07) is 15.2. The number of methoxy groups -OCH3 is 1. The summed E-state index contributed by atoms with van der Waals surface area (Å²) in [7, 11) is 1.33. The van der Waals surface area contributed by atoms with Crippen molar-refractivity contribution in [2.75, 3.05) is 30.4 Å². The summed E-state index contributed by atoms with van der Waals surface area (Å²) in [5.74, 6) is -0.569. The molecule has 1 aliphatic rings. The first-order chi connectivity index (χ1) is 12.2. The molecule has 5 heteroatoms. The lowest BCUT2D eigenvalue weighted by atomic mass is 10.0. The van der Waals surface area contributed by atoms with Gasteiger partial charge in [0.1, 0.15) is 0 Å². The topological polar surface area (TPSA) is 58.6 Å². The van der Waals surface area contributed by atoms with Crippen LogP contribution >= 0.6 is 0 Å². The Morgan fingerprint density at radius 1 is 1.12 bits per heavy atom. The summed E-state index contributed by atoms with van der Waals surface area (Å²) in [5.41, 5.74) is 3.40. The van der Waals surface area contributed by atoms with Gasteiger partial charge in [0.15, 0.2) is 0 Å². The van der Waals surface area contributed by atoms with Crippen LogP contribution < -0.4 is 10.2 Å². The van der Waals surface area contributed by atoms with Crippen LogP contribution in [-0.4, -0.2) is 32.1 Å². The predicted molar refractivity (Wildman–Crippen MR) is 98.0 cm³/mol. The van der Waals surface area contributed by atoms with Crippen molar-refractivity contribution in [3.05, 3.63) is 59.7 Å². The SMILES string of the molecule is COC(=O)c1ccccc1NC(=O)CCN1CCCc2ccccc21. The van der Waals surface area contributed by atoms with Gasteiger partial charge in [-0.05, 0) is 36.6 Å². The summed E-state index contributed by atoms with van der Waals surface area (Å²) in [6.45, 7) is 1.62. The van der Waals surface area contributed by atoms with Crippen molar-refractivity contribution < 1.29 is 14.3 Å². The number of rotatable bonds is 5. The molecule has 5 nitrogen and oxygen atoms in total. The number of amides is 1. The number of anilines is 2. The molecule has 0 saturated heterocycles. The lowest BCUT2D eigenvalue weighted by Crippen LogP contribution is -2.32. The van der Waals surface area contributed by atoms with E-state index < -0.39 is 5.97 Å². The Kier molecular flexibility index (Phi) is 5.33. The Labute approximate surface area is 147 Å². The number of benzene rings is 2. The van der Waals surface area contributed by atoms with Gasteiger partial charge < -0.3 is 15.0 Å². The van der Waals surface area contributed by atoms with Gasteiger partial charge in [0.25, 0.3) is 0 Å². The molecule has 0 radical (unpaired) electrons. The molecule has 1 heterocycles. The minimum atomic E-state index is -0.458. The number of fused-ring (bicyclic) bond motifs is 1. The van der Waals surface area contributed by atoms with Crippen molar-refractivity contribution in [2.24, 2.45) is 0 Å². The fraction of sp³-hybridized carbons (Fsp3) is 0.300. The molecule has 1 aliphatic heterocycles. The lowest BCUT2D eigenvalue weighted by Gasteiger charge is -2.31. The third-order valence-electron chi connectivity index (χ3n) is 4.42. The molecule has 2 aromatic rings. The molecule has 3 rings (SSSR count). The lowest BCUT2D eigenvalue weighted by molar-refractivity contribution is -0.116. The van der Waals surface area contributed by atoms with E-state index in [1.54, 1.807) is 24.3 Å². The van der Waals surface area contributed by atoms with Crippen LogP contribution in [-0.2, 0) is 16.0 Å². The molecule has 130 valence electrons. The summed E-state index contributed by atoms with van der Waals surface area (Å²) in [5, 5.41) is 2.82. The maximum Gasteiger partial charge on any atom is 0.339 e. The highest BCUT2D eigenvalue weighted by molar-refractivity contribution is 6.01. The molecule has 0 unspecified atom stereocenters. The number of ether oxygens (including phenoxy) is 1. The summed E-state index contributed by atoms with van der Waals surface area (Å²) < 4.78 is 4.75. The van der Waals surface area contributed by atoms with E-state index in [1.165, 1.54) is 18.4 Å². The number of para-hydroxylation sites is 2. The van der Waals surface area contributed by atoms with Crippen LogP contribution in [0.2, 0.25) is 0 Å². The first kappa shape index (κ1) is 17.0. The summed E-state index contributed by atoms with van der Waals surface area (Å²) in [6.07, 6.45) is 2.55. The van der Waals surface area contributed by atoms with Crippen LogP contribution in [0.4, 0.5) is 11.4 Å². The smallest absolute Gasteiger partial charge is 0.339 e. The van der Waals surface area contributed by atoms with E-state index in [1.807, 2.05) is 6.07 Å². The standard InChI is InChI=1S/C20H22N2O3/c1-25-20(24)16-9-3-4-10-17(16)21-19(23)12-14-22-13-6-8-15-7-2-5-11-18(15)22/h2-5,7,9-11H,6,8,12-14H2,1H3,(H,21,23). The number of aryl methyl sites for hydroxylation is 1. The van der Waals surface area contributed by atoms with Crippen molar-refractivity contribution in [3.63, 3.8) is 0 Å². The van der Waals surface area contributed by atoms with Gasteiger partial charge in [-0.2, -0.15) is 0 Å². The third-order valence-corrected chi connectivity index (χ3v) is 4.42. The van der Waals surface area contributed by atoms with Crippen LogP contribution in [0.3, 0.4) is 0 Å². The zero-order valence-electron chi connectivity index (χ0n) is 14.3. The van der Waals surface area contributed by atoms with Gasteiger partial charge in [-0.3, -0.25) is 4.79 Å². The van der Waals surface area contributed by atoms with Crippen LogP contribution in [0, 0.1) is 0 Å². The molecule has 1 amide bonds. The molecule has 0 atom stereocenters. The average molecular weight is 338 g/mol. The van der Waals surface area contributed by atoms with Gasteiger partial charge in [-0.1, -0.05) is 30.3 Å². The van der Waals surface area contributed by atoms with Crippen molar-refractivity contribution in [1.82, 2.24) is 0 Å². The third kappa shape index (κ3) is 3.99. The summed E-state index contributed by atoms with van der Waals surface area (Å²) >= 11 is 0. The number of nitrogens with zero attached hydrogens (tertiary/aromatic N) is 1. The number of carbonyl (C=O) groups excluding carboxylic acids is 2. The Bertz CT molecular complexity index is 773. The number of esters is 1. The van der Waals surface area contributed by atoms with Crippen LogP contribution in [0.25, 0.3) is 0 Å². The molecule has 0 fully saturated rings. The van der Waals surface area contributed by atoms with Gasteiger partial charge in [-0.25, -0.2) is 4.79 Å². The van der Waals surface area contributed by atoms with Crippen molar-refractivity contribution in [1.29, 1.82) is 0 Å². The Morgan fingerprint density at radius 3 is 2.72 bits per heavy atom. The monoisotopic (exact) mass is 338 g/mol. The number of nitrogens with one attached hydrogen (secondary N) is 1. The molecular weight excluding hydrogens is 316 g/mol. The highest BCUT2D eigenvalue weighted by Crippen LogP contribution is 2.26.